The highest BCUT2D eigenvalue weighted by molar-refractivity contribution is 7.99. The summed E-state index contributed by atoms with van der Waals surface area (Å²) >= 11 is 1.99. The summed E-state index contributed by atoms with van der Waals surface area (Å²) in [6.45, 7) is 2.09. The minimum absolute atomic E-state index is 0.211. The molecule has 1 aromatic heterocycles. The van der Waals surface area contributed by atoms with Crippen LogP contribution in [0, 0.1) is 0 Å². The van der Waals surface area contributed by atoms with Crippen molar-refractivity contribution in [2.75, 3.05) is 13.3 Å². The standard InChI is InChI=1S/C11H21N5S/c1-8(12-2)11-13-14-15-16(11)9-4-6-10(17-3)7-5-9/h8-10,12H,4-7H2,1-3H3. The van der Waals surface area contributed by atoms with Crippen LogP contribution >= 0.6 is 11.8 Å². The van der Waals surface area contributed by atoms with Crippen molar-refractivity contribution in [3.05, 3.63) is 5.82 Å². The molecule has 2 rings (SSSR count). The third kappa shape index (κ3) is 2.80. The molecule has 0 radical (unpaired) electrons. The maximum absolute atomic E-state index is 4.17. The van der Waals surface area contributed by atoms with E-state index in [-0.39, 0.29) is 6.04 Å². The Morgan fingerprint density at radius 3 is 2.65 bits per heavy atom. The maximum atomic E-state index is 4.17. The van der Waals surface area contributed by atoms with E-state index in [1.165, 1.54) is 25.7 Å². The first-order valence-electron chi connectivity index (χ1n) is 6.24. The molecule has 1 atom stereocenters. The van der Waals surface area contributed by atoms with Gasteiger partial charge in [0.1, 0.15) is 0 Å². The van der Waals surface area contributed by atoms with E-state index in [1.54, 1.807) is 0 Å². The van der Waals surface area contributed by atoms with E-state index in [1.807, 2.05) is 23.5 Å². The fraction of sp³-hybridized carbons (Fsp3) is 0.909. The lowest BCUT2D eigenvalue weighted by Gasteiger charge is -2.28. The topological polar surface area (TPSA) is 55.6 Å². The molecule has 1 aromatic rings. The van der Waals surface area contributed by atoms with Crippen molar-refractivity contribution >= 4 is 11.8 Å². The average molecular weight is 255 g/mol. The van der Waals surface area contributed by atoms with Gasteiger partial charge < -0.3 is 5.32 Å². The van der Waals surface area contributed by atoms with Crippen LogP contribution in [0.3, 0.4) is 0 Å². The zero-order valence-corrected chi connectivity index (χ0v) is 11.6. The number of thioether (sulfide) groups is 1. The molecule has 5 nitrogen and oxygen atoms in total. The Morgan fingerprint density at radius 1 is 1.35 bits per heavy atom. The van der Waals surface area contributed by atoms with Crippen molar-refractivity contribution in [3.8, 4) is 0 Å². The molecule has 1 aliphatic carbocycles. The summed E-state index contributed by atoms with van der Waals surface area (Å²) in [7, 11) is 1.94. The van der Waals surface area contributed by atoms with Crippen LogP contribution in [0.1, 0.15) is 50.5 Å². The second-order valence-corrected chi connectivity index (χ2v) is 5.80. The van der Waals surface area contributed by atoms with E-state index < -0.39 is 0 Å². The second kappa shape index (κ2) is 5.82. The van der Waals surface area contributed by atoms with Crippen LogP contribution < -0.4 is 5.32 Å². The van der Waals surface area contributed by atoms with Crippen LogP contribution in [-0.4, -0.2) is 38.8 Å². The molecule has 0 aromatic carbocycles. The van der Waals surface area contributed by atoms with Crippen molar-refractivity contribution in [3.63, 3.8) is 0 Å². The molecule has 1 unspecified atom stereocenters. The molecular weight excluding hydrogens is 234 g/mol. The van der Waals surface area contributed by atoms with Crippen molar-refractivity contribution in [1.82, 2.24) is 25.5 Å². The van der Waals surface area contributed by atoms with Crippen LogP contribution in [0.4, 0.5) is 0 Å². The molecule has 0 spiro atoms. The van der Waals surface area contributed by atoms with E-state index >= 15 is 0 Å². The van der Waals surface area contributed by atoms with E-state index in [2.05, 4.69) is 34.0 Å². The van der Waals surface area contributed by atoms with E-state index in [4.69, 9.17) is 0 Å². The predicted octanol–water partition coefficient (Wildman–Crippen LogP) is 1.80. The van der Waals surface area contributed by atoms with Crippen LogP contribution in [0.5, 0.6) is 0 Å². The lowest BCUT2D eigenvalue weighted by molar-refractivity contribution is 0.315. The molecule has 6 heteroatoms. The lowest BCUT2D eigenvalue weighted by atomic mass is 9.95. The molecular formula is C11H21N5S. The van der Waals surface area contributed by atoms with Crippen molar-refractivity contribution in [1.29, 1.82) is 0 Å². The highest BCUT2D eigenvalue weighted by Crippen LogP contribution is 2.33. The third-order valence-electron chi connectivity index (χ3n) is 3.66. The fourth-order valence-electron chi connectivity index (χ4n) is 2.40. The highest BCUT2D eigenvalue weighted by atomic mass is 32.2. The molecule has 17 heavy (non-hydrogen) atoms. The summed E-state index contributed by atoms with van der Waals surface area (Å²) in [4.78, 5) is 0. The monoisotopic (exact) mass is 255 g/mol. The van der Waals surface area contributed by atoms with Gasteiger partial charge in [0.15, 0.2) is 5.82 Å². The first-order chi connectivity index (χ1) is 8.26. The first kappa shape index (κ1) is 12.8. The lowest BCUT2D eigenvalue weighted by Crippen LogP contribution is -2.25. The summed E-state index contributed by atoms with van der Waals surface area (Å²) < 4.78 is 2.03. The minimum Gasteiger partial charge on any atom is -0.311 e. The average Bonchev–Trinajstić information content (AvgIpc) is 2.87. The molecule has 1 fully saturated rings. The number of rotatable bonds is 4. The normalized spacial score (nSPS) is 27.0. The van der Waals surface area contributed by atoms with Gasteiger partial charge in [-0.15, -0.1) is 5.10 Å². The van der Waals surface area contributed by atoms with Gasteiger partial charge in [0, 0.05) is 5.25 Å². The Hall–Kier alpha value is -0.620. The Labute approximate surface area is 107 Å². The van der Waals surface area contributed by atoms with Crippen LogP contribution in [0.25, 0.3) is 0 Å². The van der Waals surface area contributed by atoms with Gasteiger partial charge in [0.05, 0.1) is 12.1 Å². The fourth-order valence-corrected chi connectivity index (χ4v) is 3.14. The summed E-state index contributed by atoms with van der Waals surface area (Å²) in [5, 5.41) is 16.2. The molecule has 1 aliphatic rings. The van der Waals surface area contributed by atoms with E-state index in [0.29, 0.717) is 6.04 Å². The van der Waals surface area contributed by atoms with Crippen molar-refractivity contribution < 1.29 is 0 Å². The number of aromatic nitrogens is 4. The zero-order chi connectivity index (χ0) is 12.3. The number of hydrogen-bond donors (Lipinski definition) is 1. The van der Waals surface area contributed by atoms with Crippen LogP contribution in [0.15, 0.2) is 0 Å². The molecule has 96 valence electrons. The van der Waals surface area contributed by atoms with Crippen molar-refractivity contribution in [2.24, 2.45) is 0 Å². The van der Waals surface area contributed by atoms with Crippen molar-refractivity contribution in [2.45, 2.75) is 49.9 Å². The molecule has 1 saturated carbocycles. The first-order valence-corrected chi connectivity index (χ1v) is 7.52. The third-order valence-corrected chi connectivity index (χ3v) is 4.80. The van der Waals surface area contributed by atoms with Gasteiger partial charge in [0.25, 0.3) is 0 Å². The smallest absolute Gasteiger partial charge is 0.168 e. The maximum Gasteiger partial charge on any atom is 0.168 e. The Balaban J connectivity index is 2.05. The van der Waals surface area contributed by atoms with E-state index in [9.17, 15) is 0 Å². The van der Waals surface area contributed by atoms with Gasteiger partial charge in [-0.3, -0.25) is 0 Å². The molecule has 0 bridgehead atoms. The Morgan fingerprint density at radius 2 is 2.06 bits per heavy atom. The predicted molar refractivity (Wildman–Crippen MR) is 70.1 cm³/mol. The molecule has 1 heterocycles. The summed E-state index contributed by atoms with van der Waals surface area (Å²) in [6, 6.07) is 0.697. The van der Waals surface area contributed by atoms with Crippen LogP contribution in [-0.2, 0) is 0 Å². The number of nitrogens with zero attached hydrogens (tertiary/aromatic N) is 4. The summed E-state index contributed by atoms with van der Waals surface area (Å²) in [5.41, 5.74) is 0. The minimum atomic E-state index is 0.211. The highest BCUT2D eigenvalue weighted by Gasteiger charge is 2.25. The second-order valence-electron chi connectivity index (χ2n) is 4.66. The summed E-state index contributed by atoms with van der Waals surface area (Å²) in [5.74, 6) is 0.958. The number of tetrazole rings is 1. The van der Waals surface area contributed by atoms with Gasteiger partial charge in [-0.05, 0) is 56.3 Å². The molecule has 0 amide bonds. The SMILES string of the molecule is CNC(C)c1nnnn1C1CCC(SC)CC1. The number of hydrogen-bond acceptors (Lipinski definition) is 5. The molecule has 0 aliphatic heterocycles. The Kier molecular flexibility index (Phi) is 4.39. The largest absolute Gasteiger partial charge is 0.311 e. The van der Waals surface area contributed by atoms with E-state index in [0.717, 1.165) is 11.1 Å². The van der Waals surface area contributed by atoms with Gasteiger partial charge in [-0.2, -0.15) is 11.8 Å². The zero-order valence-electron chi connectivity index (χ0n) is 10.8. The van der Waals surface area contributed by atoms with Gasteiger partial charge in [0.2, 0.25) is 0 Å². The number of nitrogens with one attached hydrogen (secondary N) is 1. The van der Waals surface area contributed by atoms with Crippen LogP contribution in [0.2, 0.25) is 0 Å². The summed E-state index contributed by atoms with van der Waals surface area (Å²) in [6.07, 6.45) is 7.15. The van der Waals surface area contributed by atoms with Gasteiger partial charge in [-0.25, -0.2) is 4.68 Å². The van der Waals surface area contributed by atoms with Gasteiger partial charge >= 0.3 is 0 Å². The van der Waals surface area contributed by atoms with Gasteiger partial charge in [-0.1, -0.05) is 0 Å². The molecule has 0 saturated heterocycles. The molecule has 1 N–H and O–H groups in total. The quantitative estimate of drug-likeness (QED) is 0.889. The Bertz CT molecular complexity index is 345.